The van der Waals surface area contributed by atoms with Gasteiger partial charge in [-0.2, -0.15) is 0 Å². The van der Waals surface area contributed by atoms with Crippen LogP contribution in [-0.4, -0.2) is 22.8 Å². The number of rotatable bonds is 2. The van der Waals surface area contributed by atoms with E-state index >= 15 is 0 Å². The van der Waals surface area contributed by atoms with Gasteiger partial charge < -0.3 is 14.4 Å². The Kier molecular flexibility index (Phi) is 2.69. The van der Waals surface area contributed by atoms with Gasteiger partial charge in [-0.15, -0.1) is 0 Å². The van der Waals surface area contributed by atoms with Gasteiger partial charge in [0.1, 0.15) is 12.3 Å². The van der Waals surface area contributed by atoms with Crippen molar-refractivity contribution in [2.24, 2.45) is 0 Å². The number of aromatic nitrogens is 1. The molecule has 0 radical (unpaired) electrons. The Morgan fingerprint density at radius 1 is 1.69 bits per heavy atom. The highest BCUT2D eigenvalue weighted by atomic mass is 16.5. The quantitative estimate of drug-likeness (QED) is 0.640. The molecule has 70 valence electrons. The monoisotopic (exact) mass is 183 g/mol. The van der Waals surface area contributed by atoms with Gasteiger partial charge in [0.15, 0.2) is 0 Å². The molecule has 1 rings (SSSR count). The van der Waals surface area contributed by atoms with Crippen LogP contribution in [0.15, 0.2) is 23.1 Å². The van der Waals surface area contributed by atoms with Crippen LogP contribution in [-0.2, 0) is 16.1 Å². The Bertz CT molecular complexity index is 369. The average molecular weight is 183 g/mol. The number of pyridine rings is 1. The molecular weight excluding hydrogens is 174 g/mol. The second-order valence-corrected chi connectivity index (χ2v) is 2.43. The minimum absolute atomic E-state index is 0.119. The predicted octanol–water partition coefficient (Wildman–Crippen LogP) is -0.273. The van der Waals surface area contributed by atoms with E-state index in [1.165, 1.54) is 19.4 Å². The molecule has 0 amide bonds. The molecule has 0 unspecified atom stereocenters. The van der Waals surface area contributed by atoms with Crippen molar-refractivity contribution < 1.29 is 14.6 Å². The Morgan fingerprint density at radius 3 is 2.92 bits per heavy atom. The molecule has 0 aromatic carbocycles. The van der Waals surface area contributed by atoms with Crippen molar-refractivity contribution in [2.75, 3.05) is 7.11 Å². The summed E-state index contributed by atoms with van der Waals surface area (Å²) in [6.45, 7) is -0.143. The summed E-state index contributed by atoms with van der Waals surface area (Å²) in [6.07, 6.45) is 1.33. The minimum atomic E-state index is -0.507. The Hall–Kier alpha value is -1.78. The summed E-state index contributed by atoms with van der Waals surface area (Å²) in [5.74, 6) is -0.626. The molecule has 0 aliphatic rings. The van der Waals surface area contributed by atoms with Crippen LogP contribution in [0.5, 0.6) is 5.75 Å². The molecule has 1 N–H and O–H groups in total. The highest BCUT2D eigenvalue weighted by Gasteiger charge is 2.03. The zero-order chi connectivity index (χ0) is 9.84. The first-order valence-corrected chi connectivity index (χ1v) is 3.60. The molecule has 1 aromatic rings. The average Bonchev–Trinajstić information content (AvgIpc) is 2.09. The third kappa shape index (κ3) is 2.33. The van der Waals surface area contributed by atoms with Crippen molar-refractivity contribution in [1.82, 2.24) is 4.57 Å². The van der Waals surface area contributed by atoms with Gasteiger partial charge in [-0.1, -0.05) is 0 Å². The summed E-state index contributed by atoms with van der Waals surface area (Å²) in [7, 11) is 1.24. The number of hydrogen-bond acceptors (Lipinski definition) is 4. The third-order valence-corrected chi connectivity index (χ3v) is 1.51. The Balaban J connectivity index is 2.90. The van der Waals surface area contributed by atoms with Crippen molar-refractivity contribution in [2.45, 2.75) is 6.54 Å². The van der Waals surface area contributed by atoms with E-state index in [0.717, 1.165) is 10.6 Å². The first-order valence-electron chi connectivity index (χ1n) is 3.60. The lowest BCUT2D eigenvalue weighted by Gasteiger charge is -2.02. The molecule has 0 atom stereocenters. The molecule has 5 heteroatoms. The number of esters is 1. The standard InChI is InChI=1S/C8H9NO4/c1-13-8(12)5-9-3-2-6(10)4-7(9)11/h2-4,10H,5H2,1H3. The molecule has 0 bridgehead atoms. The van der Waals surface area contributed by atoms with Crippen molar-refractivity contribution >= 4 is 5.97 Å². The fourth-order valence-electron chi connectivity index (χ4n) is 0.832. The molecule has 13 heavy (non-hydrogen) atoms. The van der Waals surface area contributed by atoms with E-state index in [1.54, 1.807) is 0 Å². The number of hydrogen-bond donors (Lipinski definition) is 1. The zero-order valence-electron chi connectivity index (χ0n) is 7.06. The first-order chi connectivity index (χ1) is 6.13. The van der Waals surface area contributed by atoms with Crippen molar-refractivity contribution in [3.05, 3.63) is 28.7 Å². The number of ether oxygens (including phenoxy) is 1. The Morgan fingerprint density at radius 2 is 2.38 bits per heavy atom. The van der Waals surface area contributed by atoms with E-state index in [4.69, 9.17) is 5.11 Å². The largest absolute Gasteiger partial charge is 0.508 e. The van der Waals surface area contributed by atoms with E-state index < -0.39 is 11.5 Å². The maximum atomic E-state index is 11.1. The van der Waals surface area contributed by atoms with E-state index in [1.807, 2.05) is 0 Å². The van der Waals surface area contributed by atoms with Crippen LogP contribution in [0.4, 0.5) is 0 Å². The molecule has 1 heterocycles. The van der Waals surface area contributed by atoms with Crippen LogP contribution in [0.2, 0.25) is 0 Å². The number of aromatic hydroxyl groups is 1. The number of methoxy groups -OCH3 is 1. The molecule has 0 saturated heterocycles. The lowest BCUT2D eigenvalue weighted by Crippen LogP contribution is -2.23. The van der Waals surface area contributed by atoms with Crippen LogP contribution in [0.25, 0.3) is 0 Å². The van der Waals surface area contributed by atoms with Crippen LogP contribution >= 0.6 is 0 Å². The maximum Gasteiger partial charge on any atom is 0.325 e. The highest BCUT2D eigenvalue weighted by molar-refractivity contribution is 5.68. The molecule has 0 aliphatic carbocycles. The predicted molar refractivity (Wildman–Crippen MR) is 44.4 cm³/mol. The molecule has 0 saturated carbocycles. The van der Waals surface area contributed by atoms with Gasteiger partial charge in [-0.3, -0.25) is 9.59 Å². The van der Waals surface area contributed by atoms with E-state index in [2.05, 4.69) is 4.74 Å². The van der Waals surface area contributed by atoms with Gasteiger partial charge in [0.25, 0.3) is 5.56 Å². The highest BCUT2D eigenvalue weighted by Crippen LogP contribution is 2.00. The van der Waals surface area contributed by atoms with Gasteiger partial charge in [-0.25, -0.2) is 0 Å². The number of carbonyl (C=O) groups excluding carboxylic acids is 1. The van der Waals surface area contributed by atoms with Crippen LogP contribution in [0, 0.1) is 0 Å². The number of nitrogens with zero attached hydrogens (tertiary/aromatic N) is 1. The Labute approximate surface area is 74.2 Å². The van der Waals surface area contributed by atoms with Crippen LogP contribution in [0.1, 0.15) is 0 Å². The van der Waals surface area contributed by atoms with Crippen molar-refractivity contribution in [3.8, 4) is 5.75 Å². The molecule has 1 aromatic heterocycles. The summed E-state index contributed by atoms with van der Waals surface area (Å²) < 4.78 is 5.52. The topological polar surface area (TPSA) is 68.5 Å². The minimum Gasteiger partial charge on any atom is -0.508 e. The SMILES string of the molecule is COC(=O)Cn1ccc(O)cc1=O. The normalized spacial score (nSPS) is 9.62. The lowest BCUT2D eigenvalue weighted by atomic mass is 10.4. The van der Waals surface area contributed by atoms with Crippen molar-refractivity contribution in [1.29, 1.82) is 0 Å². The van der Waals surface area contributed by atoms with Crippen molar-refractivity contribution in [3.63, 3.8) is 0 Å². The summed E-state index contributed by atoms with van der Waals surface area (Å²) in [5.41, 5.74) is -0.439. The van der Waals surface area contributed by atoms with E-state index in [9.17, 15) is 9.59 Å². The van der Waals surface area contributed by atoms with Gasteiger partial charge in [0.2, 0.25) is 0 Å². The maximum absolute atomic E-state index is 11.1. The third-order valence-electron chi connectivity index (χ3n) is 1.51. The smallest absolute Gasteiger partial charge is 0.325 e. The van der Waals surface area contributed by atoms with Crippen LogP contribution < -0.4 is 5.56 Å². The molecule has 0 spiro atoms. The molecule has 0 aliphatic heterocycles. The van der Waals surface area contributed by atoms with Gasteiger partial charge in [0.05, 0.1) is 7.11 Å². The fraction of sp³-hybridized carbons (Fsp3) is 0.250. The first kappa shape index (κ1) is 9.31. The van der Waals surface area contributed by atoms with Gasteiger partial charge >= 0.3 is 5.97 Å². The van der Waals surface area contributed by atoms with Gasteiger partial charge in [-0.05, 0) is 6.07 Å². The second-order valence-electron chi connectivity index (χ2n) is 2.43. The fourth-order valence-corrected chi connectivity index (χ4v) is 0.832. The van der Waals surface area contributed by atoms with Gasteiger partial charge in [0, 0.05) is 12.3 Å². The number of carbonyl (C=O) groups is 1. The summed E-state index contributed by atoms with van der Waals surface area (Å²) in [4.78, 5) is 21.9. The summed E-state index contributed by atoms with van der Waals surface area (Å²) >= 11 is 0. The van der Waals surface area contributed by atoms with E-state index in [-0.39, 0.29) is 12.3 Å². The molecule has 0 fully saturated rings. The second kappa shape index (κ2) is 3.75. The molecule has 5 nitrogen and oxygen atoms in total. The summed E-state index contributed by atoms with van der Waals surface area (Å²) in [5, 5.41) is 8.90. The lowest BCUT2D eigenvalue weighted by molar-refractivity contribution is -0.141. The summed E-state index contributed by atoms with van der Waals surface area (Å²) in [6, 6.07) is 2.35. The van der Waals surface area contributed by atoms with E-state index in [0.29, 0.717) is 0 Å². The molecular formula is C8H9NO4. The zero-order valence-corrected chi connectivity index (χ0v) is 7.06. The van der Waals surface area contributed by atoms with Crippen LogP contribution in [0.3, 0.4) is 0 Å².